The molecule has 1 aromatic heterocycles. The topological polar surface area (TPSA) is 103 Å². The maximum Gasteiger partial charge on any atom is 0.339 e. The molecule has 0 radical (unpaired) electrons. The number of hydrogen-bond acceptors (Lipinski definition) is 6. The first kappa shape index (κ1) is 23.7. The van der Waals surface area contributed by atoms with E-state index < -0.39 is 24.3 Å². The van der Waals surface area contributed by atoms with Gasteiger partial charge in [0.25, 0.3) is 0 Å². The van der Waals surface area contributed by atoms with Crippen molar-refractivity contribution in [3.8, 4) is 0 Å². The van der Waals surface area contributed by atoms with Crippen LogP contribution in [0.5, 0.6) is 0 Å². The van der Waals surface area contributed by atoms with Gasteiger partial charge in [0, 0.05) is 16.8 Å². The molecule has 0 spiro atoms. The maximum atomic E-state index is 13.2. The third kappa shape index (κ3) is 4.77. The van der Waals surface area contributed by atoms with E-state index >= 15 is 0 Å². The number of carbonyl (C=O) groups excluding carboxylic acids is 4. The molecule has 0 saturated heterocycles. The minimum Gasteiger partial charge on any atom is -0.465 e. The minimum absolute atomic E-state index is 0.0749. The largest absolute Gasteiger partial charge is 0.465 e. The summed E-state index contributed by atoms with van der Waals surface area (Å²) in [6.07, 6.45) is 0. The smallest absolute Gasteiger partial charge is 0.339 e. The van der Waals surface area contributed by atoms with E-state index in [2.05, 4.69) is 4.98 Å². The highest BCUT2D eigenvalue weighted by molar-refractivity contribution is 6.15. The number of nitrogens with one attached hydrogen (secondary N) is 1. The lowest BCUT2D eigenvalue weighted by molar-refractivity contribution is 0.0471. The summed E-state index contributed by atoms with van der Waals surface area (Å²) in [5.74, 6) is -2.14. The first-order valence-electron chi connectivity index (χ1n) is 10.3. The van der Waals surface area contributed by atoms with Gasteiger partial charge in [-0.05, 0) is 51.0 Å². The molecule has 0 bridgehead atoms. The monoisotopic (exact) mass is 447 g/mol. The Morgan fingerprint density at radius 3 is 2.18 bits per heavy atom. The minimum atomic E-state index is -0.785. The van der Waals surface area contributed by atoms with Crippen LogP contribution in [0.2, 0.25) is 0 Å². The Morgan fingerprint density at radius 2 is 1.52 bits per heavy atom. The van der Waals surface area contributed by atoms with Crippen molar-refractivity contribution < 1.29 is 28.7 Å². The van der Waals surface area contributed by atoms with Gasteiger partial charge in [-0.15, -0.1) is 0 Å². The number of rotatable bonds is 7. The molecular weight excluding hydrogens is 422 g/mol. The Bertz CT molecular complexity index is 1270. The number of esters is 2. The third-order valence-corrected chi connectivity index (χ3v) is 5.47. The first-order valence-corrected chi connectivity index (χ1v) is 10.3. The standard InChI is InChI=1S/C26H25NO6/c1-14-10-11-15(2)20(12-14)24(29)18-8-6-7-9-19(18)25(30)33-13-21(28)23-16(3)22(17(4)27-23)26(31)32-5/h6-12,27H,13H2,1-5H3. The van der Waals surface area contributed by atoms with Gasteiger partial charge < -0.3 is 14.5 Å². The second kappa shape index (κ2) is 9.65. The maximum absolute atomic E-state index is 13.2. The number of H-pyrrole nitrogens is 1. The molecule has 2 aromatic carbocycles. The number of aromatic amines is 1. The molecule has 7 nitrogen and oxygen atoms in total. The summed E-state index contributed by atoms with van der Waals surface area (Å²) in [6.45, 7) is 6.43. The molecule has 3 rings (SSSR count). The fourth-order valence-corrected chi connectivity index (χ4v) is 3.70. The van der Waals surface area contributed by atoms with Crippen LogP contribution in [-0.2, 0) is 9.47 Å². The molecule has 7 heteroatoms. The van der Waals surface area contributed by atoms with Gasteiger partial charge in [-0.2, -0.15) is 0 Å². The number of Topliss-reactive ketones (excluding diaryl/α,β-unsaturated/α-hetero) is 1. The van der Waals surface area contributed by atoms with Crippen molar-refractivity contribution in [1.29, 1.82) is 0 Å². The van der Waals surface area contributed by atoms with E-state index in [1.165, 1.54) is 13.2 Å². The number of aromatic nitrogens is 1. The number of benzene rings is 2. The lowest BCUT2D eigenvalue weighted by Crippen LogP contribution is -2.18. The Labute approximate surface area is 191 Å². The summed E-state index contributed by atoms with van der Waals surface area (Å²) in [5, 5.41) is 0. The zero-order chi connectivity index (χ0) is 24.3. The SMILES string of the molecule is COC(=O)c1c(C)[nH]c(C(=O)COC(=O)c2ccccc2C(=O)c2cc(C)ccc2C)c1C. The summed E-state index contributed by atoms with van der Waals surface area (Å²) in [7, 11) is 1.26. The van der Waals surface area contributed by atoms with Crippen LogP contribution in [0.1, 0.15) is 69.5 Å². The molecular formula is C26H25NO6. The number of carbonyl (C=O) groups is 4. The molecule has 0 fully saturated rings. The van der Waals surface area contributed by atoms with Crippen molar-refractivity contribution in [2.24, 2.45) is 0 Å². The van der Waals surface area contributed by atoms with Gasteiger partial charge in [-0.3, -0.25) is 9.59 Å². The summed E-state index contributed by atoms with van der Waals surface area (Å²) in [5.41, 5.74) is 3.84. The predicted molar refractivity (Wildman–Crippen MR) is 122 cm³/mol. The van der Waals surface area contributed by atoms with Crippen molar-refractivity contribution in [3.05, 3.63) is 92.8 Å². The fraction of sp³-hybridized carbons (Fsp3) is 0.231. The summed E-state index contributed by atoms with van der Waals surface area (Å²) < 4.78 is 9.99. The molecule has 170 valence electrons. The number of ketones is 2. The van der Waals surface area contributed by atoms with E-state index in [4.69, 9.17) is 9.47 Å². The Hall–Kier alpha value is -4.00. The van der Waals surface area contributed by atoms with E-state index in [-0.39, 0.29) is 28.2 Å². The highest BCUT2D eigenvalue weighted by Crippen LogP contribution is 2.21. The number of hydrogen-bond donors (Lipinski definition) is 1. The van der Waals surface area contributed by atoms with Crippen molar-refractivity contribution >= 4 is 23.5 Å². The van der Waals surface area contributed by atoms with Crippen LogP contribution in [0.3, 0.4) is 0 Å². The predicted octanol–water partition coefficient (Wildman–Crippen LogP) is 4.31. The lowest BCUT2D eigenvalue weighted by Gasteiger charge is -2.11. The summed E-state index contributed by atoms with van der Waals surface area (Å²) in [6, 6.07) is 11.9. The highest BCUT2D eigenvalue weighted by Gasteiger charge is 2.25. The van der Waals surface area contributed by atoms with Crippen LogP contribution in [0, 0.1) is 27.7 Å². The Balaban J connectivity index is 1.81. The molecule has 0 unspecified atom stereocenters. The Kier molecular flexibility index (Phi) is 6.92. The summed E-state index contributed by atoms with van der Waals surface area (Å²) in [4.78, 5) is 53.4. The van der Waals surface area contributed by atoms with E-state index in [0.29, 0.717) is 16.8 Å². The third-order valence-electron chi connectivity index (χ3n) is 5.47. The van der Waals surface area contributed by atoms with Gasteiger partial charge in [0.15, 0.2) is 12.4 Å². The normalized spacial score (nSPS) is 10.6. The van der Waals surface area contributed by atoms with Crippen molar-refractivity contribution in [2.45, 2.75) is 27.7 Å². The Morgan fingerprint density at radius 1 is 0.848 bits per heavy atom. The van der Waals surface area contributed by atoms with Crippen LogP contribution in [-0.4, -0.2) is 42.2 Å². The van der Waals surface area contributed by atoms with E-state index in [0.717, 1.165) is 11.1 Å². The van der Waals surface area contributed by atoms with E-state index in [1.54, 1.807) is 38.1 Å². The zero-order valence-corrected chi connectivity index (χ0v) is 19.2. The molecule has 0 saturated carbocycles. The van der Waals surface area contributed by atoms with Gasteiger partial charge in [0.2, 0.25) is 5.78 Å². The fourth-order valence-electron chi connectivity index (χ4n) is 3.70. The van der Waals surface area contributed by atoms with E-state index in [9.17, 15) is 19.2 Å². The average Bonchev–Trinajstić information content (AvgIpc) is 3.11. The molecule has 0 aliphatic carbocycles. The molecule has 3 aromatic rings. The molecule has 1 heterocycles. The van der Waals surface area contributed by atoms with Crippen LogP contribution >= 0.6 is 0 Å². The quantitative estimate of drug-likeness (QED) is 0.428. The number of ether oxygens (including phenoxy) is 2. The van der Waals surface area contributed by atoms with Crippen LogP contribution in [0.25, 0.3) is 0 Å². The van der Waals surface area contributed by atoms with Crippen molar-refractivity contribution in [2.75, 3.05) is 13.7 Å². The molecule has 0 aliphatic heterocycles. The molecule has 1 N–H and O–H groups in total. The zero-order valence-electron chi connectivity index (χ0n) is 19.2. The first-order chi connectivity index (χ1) is 15.6. The second-order valence-electron chi connectivity index (χ2n) is 7.81. The molecule has 0 amide bonds. The van der Waals surface area contributed by atoms with Crippen molar-refractivity contribution in [3.63, 3.8) is 0 Å². The van der Waals surface area contributed by atoms with Gasteiger partial charge in [-0.25, -0.2) is 9.59 Å². The number of aryl methyl sites for hydroxylation is 3. The number of methoxy groups -OCH3 is 1. The van der Waals surface area contributed by atoms with E-state index in [1.807, 2.05) is 26.0 Å². The van der Waals surface area contributed by atoms with Crippen LogP contribution in [0.4, 0.5) is 0 Å². The van der Waals surface area contributed by atoms with Gasteiger partial charge in [0.05, 0.1) is 23.9 Å². The van der Waals surface area contributed by atoms with Crippen molar-refractivity contribution in [1.82, 2.24) is 4.98 Å². The summed E-state index contributed by atoms with van der Waals surface area (Å²) >= 11 is 0. The second-order valence-corrected chi connectivity index (χ2v) is 7.81. The van der Waals surface area contributed by atoms with Crippen LogP contribution in [0.15, 0.2) is 42.5 Å². The molecule has 0 aliphatic rings. The molecule has 0 atom stereocenters. The van der Waals surface area contributed by atoms with Gasteiger partial charge >= 0.3 is 11.9 Å². The van der Waals surface area contributed by atoms with Crippen LogP contribution < -0.4 is 0 Å². The molecule has 33 heavy (non-hydrogen) atoms. The lowest BCUT2D eigenvalue weighted by atomic mass is 9.94. The van der Waals surface area contributed by atoms with Gasteiger partial charge in [0.1, 0.15) is 0 Å². The average molecular weight is 447 g/mol. The van der Waals surface area contributed by atoms with Gasteiger partial charge in [-0.1, -0.05) is 35.9 Å². The highest BCUT2D eigenvalue weighted by atomic mass is 16.5.